The number of esters is 1. The van der Waals surface area contributed by atoms with Crippen LogP contribution in [0.15, 0.2) is 11.6 Å². The van der Waals surface area contributed by atoms with Crippen LogP contribution in [0.1, 0.15) is 59.3 Å². The summed E-state index contributed by atoms with van der Waals surface area (Å²) in [6.45, 7) is 7.86. The molecule has 3 fully saturated rings. The number of fused-ring (bicyclic) bond motifs is 3. The van der Waals surface area contributed by atoms with Gasteiger partial charge in [0.05, 0.1) is 13.2 Å². The molecule has 1 N–H and O–H groups in total. The Morgan fingerprint density at radius 1 is 1.15 bits per heavy atom. The molecule has 26 heavy (non-hydrogen) atoms. The second kappa shape index (κ2) is 6.32. The van der Waals surface area contributed by atoms with E-state index in [1.165, 1.54) is 12.8 Å². The quantitative estimate of drug-likeness (QED) is 0.762. The molecule has 0 aromatic heterocycles. The zero-order chi connectivity index (χ0) is 18.6. The highest BCUT2D eigenvalue weighted by Gasteiger charge is 2.58. The van der Waals surface area contributed by atoms with Gasteiger partial charge >= 0.3 is 5.97 Å². The lowest BCUT2D eigenvalue weighted by Gasteiger charge is -2.58. The van der Waals surface area contributed by atoms with E-state index in [-0.39, 0.29) is 29.3 Å². The summed E-state index contributed by atoms with van der Waals surface area (Å²) >= 11 is 0. The third-order valence-corrected chi connectivity index (χ3v) is 7.65. The lowest BCUT2D eigenvalue weighted by atomic mass is 9.47. The smallest absolute Gasteiger partial charge is 0.334 e. The van der Waals surface area contributed by atoms with Crippen molar-refractivity contribution < 1.29 is 24.1 Å². The van der Waals surface area contributed by atoms with E-state index in [4.69, 9.17) is 14.2 Å². The first kappa shape index (κ1) is 18.5. The molecule has 5 nitrogen and oxygen atoms in total. The highest BCUT2D eigenvalue weighted by atomic mass is 16.7. The summed E-state index contributed by atoms with van der Waals surface area (Å²) in [7, 11) is 0. The molecule has 2 heterocycles. The second-order valence-corrected chi connectivity index (χ2v) is 9.50. The number of hydrogen-bond donors (Lipinski definition) is 1. The van der Waals surface area contributed by atoms with Gasteiger partial charge in [-0.25, -0.2) is 4.79 Å². The number of allylic oxidation sites excluding steroid dienone is 1. The maximum Gasteiger partial charge on any atom is 0.334 e. The molecule has 2 saturated heterocycles. The fourth-order valence-electron chi connectivity index (χ4n) is 6.23. The number of carbonyl (C=O) groups excluding carboxylic acids is 1. The molecule has 0 unspecified atom stereocenters. The number of ether oxygens (including phenoxy) is 3. The topological polar surface area (TPSA) is 65.0 Å². The van der Waals surface area contributed by atoms with Gasteiger partial charge in [0.1, 0.15) is 6.61 Å². The van der Waals surface area contributed by atoms with E-state index in [1.54, 1.807) is 0 Å². The first-order chi connectivity index (χ1) is 12.3. The first-order valence-corrected chi connectivity index (χ1v) is 10.1. The summed E-state index contributed by atoms with van der Waals surface area (Å²) in [6, 6.07) is 0. The third-order valence-electron chi connectivity index (χ3n) is 7.65. The van der Waals surface area contributed by atoms with E-state index < -0.39 is 11.9 Å². The van der Waals surface area contributed by atoms with Gasteiger partial charge in [-0.2, -0.15) is 0 Å². The van der Waals surface area contributed by atoms with E-state index in [0.29, 0.717) is 25.6 Å². The number of rotatable bonds is 2. The summed E-state index contributed by atoms with van der Waals surface area (Å²) in [5.41, 5.74) is 1.19. The molecule has 4 atom stereocenters. The minimum absolute atomic E-state index is 0.0782. The molecule has 0 amide bonds. The van der Waals surface area contributed by atoms with Crippen molar-refractivity contribution in [1.82, 2.24) is 0 Å². The van der Waals surface area contributed by atoms with Crippen molar-refractivity contribution in [2.24, 2.45) is 22.7 Å². The fourth-order valence-corrected chi connectivity index (χ4v) is 6.23. The molecule has 0 aromatic rings. The molecule has 146 valence electrons. The van der Waals surface area contributed by atoms with Crippen molar-refractivity contribution in [3.63, 3.8) is 0 Å². The molecule has 0 aromatic carbocycles. The summed E-state index contributed by atoms with van der Waals surface area (Å²) < 4.78 is 17.4. The molecule has 2 aliphatic carbocycles. The number of aliphatic hydroxyl groups is 1. The van der Waals surface area contributed by atoms with E-state index in [2.05, 4.69) is 26.8 Å². The van der Waals surface area contributed by atoms with Crippen LogP contribution in [0.2, 0.25) is 0 Å². The molecule has 0 spiro atoms. The third kappa shape index (κ3) is 2.66. The molecule has 0 bridgehead atoms. The predicted octanol–water partition coefficient (Wildman–Crippen LogP) is 3.21. The van der Waals surface area contributed by atoms with Crippen LogP contribution in [-0.2, 0) is 19.0 Å². The van der Waals surface area contributed by atoms with Gasteiger partial charge in [0.15, 0.2) is 6.10 Å². The summed E-state index contributed by atoms with van der Waals surface area (Å²) in [5.74, 6) is -0.751. The van der Waals surface area contributed by atoms with Crippen LogP contribution in [-0.4, -0.2) is 42.8 Å². The van der Waals surface area contributed by atoms with Gasteiger partial charge < -0.3 is 19.3 Å². The van der Waals surface area contributed by atoms with Crippen molar-refractivity contribution in [1.29, 1.82) is 0 Å². The molecule has 4 aliphatic rings. The van der Waals surface area contributed by atoms with Crippen LogP contribution in [0.25, 0.3) is 0 Å². The molecule has 4 rings (SSSR count). The summed E-state index contributed by atoms with van der Waals surface area (Å²) in [6.07, 6.45) is 7.56. The Morgan fingerprint density at radius 3 is 2.58 bits per heavy atom. The Hall–Kier alpha value is -0.910. The lowest BCUT2D eigenvalue weighted by Crippen LogP contribution is -2.60. The molecule has 5 heteroatoms. The Morgan fingerprint density at radius 2 is 1.88 bits per heavy atom. The zero-order valence-corrected chi connectivity index (χ0v) is 16.3. The van der Waals surface area contributed by atoms with Gasteiger partial charge in [0.25, 0.3) is 0 Å². The highest BCUT2D eigenvalue weighted by molar-refractivity contribution is 5.90. The van der Waals surface area contributed by atoms with Gasteiger partial charge in [-0.05, 0) is 48.9 Å². The fraction of sp³-hybridized carbons (Fsp3) is 0.857. The predicted molar refractivity (Wildman–Crippen MR) is 96.3 cm³/mol. The van der Waals surface area contributed by atoms with Gasteiger partial charge in [-0.3, -0.25) is 0 Å². The van der Waals surface area contributed by atoms with Crippen molar-refractivity contribution >= 4 is 5.97 Å². The van der Waals surface area contributed by atoms with E-state index >= 15 is 0 Å². The Balaban J connectivity index is 1.68. The first-order valence-electron chi connectivity index (χ1n) is 10.1. The summed E-state index contributed by atoms with van der Waals surface area (Å²) in [5, 5.41) is 10.00. The van der Waals surface area contributed by atoms with Gasteiger partial charge in [-0.15, -0.1) is 0 Å². The van der Waals surface area contributed by atoms with Crippen LogP contribution >= 0.6 is 0 Å². The van der Waals surface area contributed by atoms with Crippen molar-refractivity contribution in [2.75, 3.05) is 19.8 Å². The van der Waals surface area contributed by atoms with Gasteiger partial charge in [0, 0.05) is 11.5 Å². The average Bonchev–Trinajstić information content (AvgIpc) is 2.62. The minimum atomic E-state index is -1.20. The van der Waals surface area contributed by atoms with Crippen LogP contribution in [0.5, 0.6) is 0 Å². The summed E-state index contributed by atoms with van der Waals surface area (Å²) in [4.78, 5) is 12.8. The molecule has 2 aliphatic heterocycles. The number of aliphatic hydroxyl groups excluding tert-OH is 1. The van der Waals surface area contributed by atoms with Crippen molar-refractivity contribution in [3.05, 3.63) is 11.6 Å². The van der Waals surface area contributed by atoms with Crippen LogP contribution < -0.4 is 0 Å². The lowest BCUT2D eigenvalue weighted by molar-refractivity contribution is -0.327. The Bertz CT molecular complexity index is 604. The maximum atomic E-state index is 12.8. The van der Waals surface area contributed by atoms with Gasteiger partial charge in [0.2, 0.25) is 5.79 Å². The molecule has 1 saturated carbocycles. The average molecular weight is 364 g/mol. The number of cyclic esters (lactones) is 1. The van der Waals surface area contributed by atoms with E-state index in [1.807, 2.05) is 0 Å². The normalized spacial score (nSPS) is 41.5. The van der Waals surface area contributed by atoms with E-state index in [0.717, 1.165) is 24.8 Å². The Kier molecular flexibility index (Phi) is 4.48. The number of carbonyl (C=O) groups is 1. The zero-order valence-electron chi connectivity index (χ0n) is 16.3. The van der Waals surface area contributed by atoms with Crippen molar-refractivity contribution in [2.45, 2.75) is 71.2 Å². The van der Waals surface area contributed by atoms with Crippen LogP contribution in [0.3, 0.4) is 0 Å². The van der Waals surface area contributed by atoms with Crippen LogP contribution in [0, 0.1) is 22.7 Å². The maximum absolute atomic E-state index is 12.8. The molecule has 0 radical (unpaired) electrons. The number of hydrogen-bond acceptors (Lipinski definition) is 5. The van der Waals surface area contributed by atoms with Gasteiger partial charge in [-0.1, -0.05) is 33.3 Å². The second-order valence-electron chi connectivity index (χ2n) is 9.50. The van der Waals surface area contributed by atoms with Crippen molar-refractivity contribution in [3.8, 4) is 0 Å². The largest absolute Gasteiger partial charge is 0.453 e. The monoisotopic (exact) mass is 364 g/mol. The van der Waals surface area contributed by atoms with Crippen LogP contribution in [0.4, 0.5) is 0 Å². The standard InChI is InChI=1S/C21H32O5/c1-19(2)8-4-9-20(3)15-12-17(21(13-22)24-10-5-11-25-21)26-18(23)14(15)6-7-16(19)20/h6,15-17,22H,4-5,7-13H2,1-3H3/t15-,16-,17-,20+/m0/s1. The Labute approximate surface area is 156 Å². The molecular weight excluding hydrogens is 332 g/mol. The van der Waals surface area contributed by atoms with E-state index in [9.17, 15) is 9.90 Å². The molecular formula is C21H32O5. The minimum Gasteiger partial charge on any atom is -0.453 e. The SMILES string of the molecule is CC1(C)CCC[C@]2(C)[C@H]3C[C@@H](C4(CO)OCCCO4)OC(=O)C3=CC[C@@H]12. The highest BCUT2D eigenvalue weighted by Crippen LogP contribution is 2.62.